The van der Waals surface area contributed by atoms with Crippen molar-refractivity contribution in [3.05, 3.63) is 48.5 Å². The Morgan fingerprint density at radius 3 is 2.45 bits per heavy atom. The molecule has 0 saturated heterocycles. The number of nitrogens with zero attached hydrogens (tertiary/aromatic N) is 6. The second kappa shape index (κ2) is 5.97. The van der Waals surface area contributed by atoms with Crippen molar-refractivity contribution in [2.75, 3.05) is 5.32 Å². The third-order valence-corrected chi connectivity index (χ3v) is 3.52. The van der Waals surface area contributed by atoms with Crippen molar-refractivity contribution in [2.24, 2.45) is 0 Å². The maximum absolute atomic E-state index is 4.34. The number of aromatic nitrogens is 6. The lowest BCUT2D eigenvalue weighted by Gasteiger charge is -2.14. The smallest absolute Gasteiger partial charge is 0.143 e. The zero-order valence-corrected chi connectivity index (χ0v) is 12.9. The first kappa shape index (κ1) is 14.2. The van der Waals surface area contributed by atoms with Crippen LogP contribution >= 0.6 is 0 Å². The first-order valence-corrected chi connectivity index (χ1v) is 7.27. The molecule has 1 atom stereocenters. The highest BCUT2D eigenvalue weighted by Crippen LogP contribution is 2.20. The zero-order valence-electron chi connectivity index (χ0n) is 12.9. The predicted molar refractivity (Wildman–Crippen MR) is 83.8 cm³/mol. The second-order valence-electron chi connectivity index (χ2n) is 5.51. The topological polar surface area (TPSA) is 73.5 Å². The van der Waals surface area contributed by atoms with E-state index in [0.29, 0.717) is 6.04 Å². The highest BCUT2D eigenvalue weighted by atomic mass is 15.5. The van der Waals surface area contributed by atoms with Crippen LogP contribution in [0.3, 0.4) is 0 Å². The van der Waals surface area contributed by atoms with Crippen molar-refractivity contribution in [1.29, 1.82) is 0 Å². The highest BCUT2D eigenvalue weighted by molar-refractivity contribution is 5.43. The molecule has 0 aliphatic carbocycles. The lowest BCUT2D eigenvalue weighted by atomic mass is 10.1. The molecule has 0 bridgehead atoms. The molecule has 0 radical (unpaired) electrons. The van der Waals surface area contributed by atoms with E-state index < -0.39 is 0 Å². The molecule has 1 unspecified atom stereocenters. The van der Waals surface area contributed by atoms with Crippen LogP contribution in [0.4, 0.5) is 5.69 Å². The first-order valence-electron chi connectivity index (χ1n) is 7.27. The molecule has 1 N–H and O–H groups in total. The average molecular weight is 297 g/mol. The molecular weight excluding hydrogens is 278 g/mol. The van der Waals surface area contributed by atoms with Gasteiger partial charge in [-0.05, 0) is 48.9 Å². The largest absolute Gasteiger partial charge is 0.376 e. The Kier molecular flexibility index (Phi) is 3.86. The molecule has 3 rings (SSSR count). The standard InChI is InChI=1S/C15H19N7/c1-11(2)21-9-14(8-17-21)18-12(3)13-4-6-15(7-5-13)22-10-16-19-20-22/h4-12,18H,1-3H3. The van der Waals surface area contributed by atoms with Gasteiger partial charge in [-0.2, -0.15) is 5.10 Å². The van der Waals surface area contributed by atoms with Crippen LogP contribution < -0.4 is 5.32 Å². The SMILES string of the molecule is CC(Nc1cnn(C(C)C)c1)c1ccc(-n2cnnn2)cc1. The quantitative estimate of drug-likeness (QED) is 0.783. The lowest BCUT2D eigenvalue weighted by molar-refractivity contribution is 0.532. The molecule has 22 heavy (non-hydrogen) atoms. The monoisotopic (exact) mass is 297 g/mol. The van der Waals surface area contributed by atoms with E-state index in [2.05, 4.69) is 58.8 Å². The van der Waals surface area contributed by atoms with Gasteiger partial charge in [0.1, 0.15) is 6.33 Å². The summed E-state index contributed by atoms with van der Waals surface area (Å²) in [5.41, 5.74) is 3.15. The number of tetrazole rings is 1. The van der Waals surface area contributed by atoms with Crippen LogP contribution in [0, 0.1) is 0 Å². The number of hydrogen-bond acceptors (Lipinski definition) is 5. The molecule has 0 spiro atoms. The molecule has 3 aromatic rings. The summed E-state index contributed by atoms with van der Waals surface area (Å²) >= 11 is 0. The van der Waals surface area contributed by atoms with Crippen LogP contribution in [0.2, 0.25) is 0 Å². The Labute approximate surface area is 129 Å². The molecule has 0 fully saturated rings. The summed E-state index contributed by atoms with van der Waals surface area (Å²) in [6.07, 6.45) is 5.46. The normalized spacial score (nSPS) is 12.5. The highest BCUT2D eigenvalue weighted by Gasteiger charge is 2.08. The van der Waals surface area contributed by atoms with Crippen LogP contribution in [-0.2, 0) is 0 Å². The van der Waals surface area contributed by atoms with Crippen molar-refractivity contribution in [3.8, 4) is 5.69 Å². The molecule has 7 nitrogen and oxygen atoms in total. The van der Waals surface area contributed by atoms with Gasteiger partial charge in [-0.15, -0.1) is 5.10 Å². The number of anilines is 1. The fourth-order valence-corrected chi connectivity index (χ4v) is 2.22. The third-order valence-electron chi connectivity index (χ3n) is 3.52. The summed E-state index contributed by atoms with van der Waals surface area (Å²) in [6.45, 7) is 6.34. The van der Waals surface area contributed by atoms with Crippen LogP contribution in [0.15, 0.2) is 43.0 Å². The van der Waals surface area contributed by atoms with Gasteiger partial charge < -0.3 is 5.32 Å². The van der Waals surface area contributed by atoms with Gasteiger partial charge in [0.15, 0.2) is 0 Å². The van der Waals surface area contributed by atoms with E-state index in [1.807, 2.05) is 29.2 Å². The number of nitrogens with one attached hydrogen (secondary N) is 1. The fourth-order valence-electron chi connectivity index (χ4n) is 2.22. The molecule has 114 valence electrons. The summed E-state index contributed by atoms with van der Waals surface area (Å²) in [5.74, 6) is 0. The third kappa shape index (κ3) is 2.98. The molecule has 7 heteroatoms. The minimum atomic E-state index is 0.188. The van der Waals surface area contributed by atoms with E-state index in [9.17, 15) is 0 Å². The number of hydrogen-bond donors (Lipinski definition) is 1. The maximum Gasteiger partial charge on any atom is 0.143 e. The molecular formula is C15H19N7. The fraction of sp³-hybridized carbons (Fsp3) is 0.333. The van der Waals surface area contributed by atoms with Gasteiger partial charge in [0.2, 0.25) is 0 Å². The van der Waals surface area contributed by atoms with E-state index >= 15 is 0 Å². The Morgan fingerprint density at radius 1 is 1.09 bits per heavy atom. The minimum absolute atomic E-state index is 0.188. The minimum Gasteiger partial charge on any atom is -0.376 e. The Bertz CT molecular complexity index is 713. The van der Waals surface area contributed by atoms with Crippen molar-refractivity contribution in [3.63, 3.8) is 0 Å². The van der Waals surface area contributed by atoms with Crippen LogP contribution in [0.1, 0.15) is 38.4 Å². The molecule has 2 aromatic heterocycles. The molecule has 0 aliphatic heterocycles. The van der Waals surface area contributed by atoms with Crippen molar-refractivity contribution in [1.82, 2.24) is 30.0 Å². The van der Waals surface area contributed by atoms with E-state index in [-0.39, 0.29) is 6.04 Å². The Hall–Kier alpha value is -2.70. The number of rotatable bonds is 5. The van der Waals surface area contributed by atoms with E-state index in [1.54, 1.807) is 11.0 Å². The van der Waals surface area contributed by atoms with Gasteiger partial charge in [0.25, 0.3) is 0 Å². The van der Waals surface area contributed by atoms with Gasteiger partial charge in [0, 0.05) is 18.3 Å². The maximum atomic E-state index is 4.34. The van der Waals surface area contributed by atoms with Gasteiger partial charge in [-0.1, -0.05) is 12.1 Å². The predicted octanol–water partition coefficient (Wildman–Crippen LogP) is 2.61. The molecule has 2 heterocycles. The van der Waals surface area contributed by atoms with Crippen molar-refractivity contribution in [2.45, 2.75) is 32.9 Å². The zero-order chi connectivity index (χ0) is 15.5. The molecule has 1 aromatic carbocycles. The van der Waals surface area contributed by atoms with Crippen LogP contribution in [-0.4, -0.2) is 30.0 Å². The first-order chi connectivity index (χ1) is 10.6. The number of benzene rings is 1. The Balaban J connectivity index is 1.70. The van der Waals surface area contributed by atoms with E-state index in [4.69, 9.17) is 0 Å². The molecule has 0 amide bonds. The van der Waals surface area contributed by atoms with Crippen LogP contribution in [0.25, 0.3) is 5.69 Å². The molecule has 0 aliphatic rings. The summed E-state index contributed by atoms with van der Waals surface area (Å²) < 4.78 is 3.57. The second-order valence-corrected chi connectivity index (χ2v) is 5.51. The Morgan fingerprint density at radius 2 is 1.86 bits per heavy atom. The van der Waals surface area contributed by atoms with Crippen LogP contribution in [0.5, 0.6) is 0 Å². The van der Waals surface area contributed by atoms with Gasteiger partial charge >= 0.3 is 0 Å². The average Bonchev–Trinajstić information content (AvgIpc) is 3.19. The summed E-state index contributed by atoms with van der Waals surface area (Å²) in [7, 11) is 0. The summed E-state index contributed by atoms with van der Waals surface area (Å²) in [5, 5.41) is 19.0. The van der Waals surface area contributed by atoms with Crippen molar-refractivity contribution >= 4 is 5.69 Å². The van der Waals surface area contributed by atoms with Crippen molar-refractivity contribution < 1.29 is 0 Å². The summed E-state index contributed by atoms with van der Waals surface area (Å²) in [6, 6.07) is 8.69. The van der Waals surface area contributed by atoms with E-state index in [1.165, 1.54) is 5.56 Å². The van der Waals surface area contributed by atoms with Gasteiger partial charge in [0.05, 0.1) is 17.6 Å². The lowest BCUT2D eigenvalue weighted by Crippen LogP contribution is -2.06. The molecule has 0 saturated carbocycles. The van der Waals surface area contributed by atoms with Gasteiger partial charge in [-0.3, -0.25) is 4.68 Å². The summed E-state index contributed by atoms with van der Waals surface area (Å²) in [4.78, 5) is 0. The van der Waals surface area contributed by atoms with Gasteiger partial charge in [-0.25, -0.2) is 4.68 Å². The van der Waals surface area contributed by atoms with E-state index in [0.717, 1.165) is 11.4 Å².